The molecule has 114 valence electrons. The zero-order valence-corrected chi connectivity index (χ0v) is 11.8. The van der Waals surface area contributed by atoms with Crippen LogP contribution in [0.15, 0.2) is 18.2 Å². The molecule has 1 amide bonds. The van der Waals surface area contributed by atoms with Crippen LogP contribution in [0, 0.1) is 21.8 Å². The first-order valence-corrected chi connectivity index (χ1v) is 6.10. The van der Waals surface area contributed by atoms with Gasteiger partial charge in [-0.2, -0.15) is 4.39 Å². The highest BCUT2D eigenvalue weighted by molar-refractivity contribution is 5.97. The lowest BCUT2D eigenvalue weighted by molar-refractivity contribution is -0.387. The van der Waals surface area contributed by atoms with Gasteiger partial charge in [-0.05, 0) is 18.1 Å². The predicted molar refractivity (Wildman–Crippen MR) is 71.2 cm³/mol. The average molecular weight is 298 g/mol. The standard InChI is InChI=1S/C13H15FN2O5/c1-7(2)11(13(18)21-3)15-12(17)8-4-5-10(16(19)20)9(14)6-8/h4-7,11H,1-3H3,(H,15,17). The fraction of sp³-hybridized carbons (Fsp3) is 0.385. The number of ether oxygens (including phenoxy) is 1. The van der Waals surface area contributed by atoms with Crippen molar-refractivity contribution in [2.24, 2.45) is 5.92 Å². The summed E-state index contributed by atoms with van der Waals surface area (Å²) in [4.78, 5) is 33.1. The number of nitrogens with zero attached hydrogens (tertiary/aromatic N) is 1. The number of hydrogen-bond acceptors (Lipinski definition) is 5. The predicted octanol–water partition coefficient (Wildman–Crippen LogP) is 1.66. The number of carbonyl (C=O) groups excluding carboxylic acids is 2. The summed E-state index contributed by atoms with van der Waals surface area (Å²) in [6, 6.07) is 1.88. The second-order valence-corrected chi connectivity index (χ2v) is 4.64. The molecule has 8 heteroatoms. The van der Waals surface area contributed by atoms with Gasteiger partial charge in [0.05, 0.1) is 12.0 Å². The Morgan fingerprint density at radius 3 is 2.43 bits per heavy atom. The molecule has 0 bridgehead atoms. The van der Waals surface area contributed by atoms with E-state index in [9.17, 15) is 24.1 Å². The Labute approximate surface area is 120 Å². The first kappa shape index (κ1) is 16.5. The van der Waals surface area contributed by atoms with E-state index in [0.717, 1.165) is 18.2 Å². The fourth-order valence-electron chi connectivity index (χ4n) is 1.65. The van der Waals surface area contributed by atoms with Gasteiger partial charge in [0, 0.05) is 11.6 Å². The highest BCUT2D eigenvalue weighted by Gasteiger charge is 2.26. The monoisotopic (exact) mass is 298 g/mol. The molecule has 1 rings (SSSR count). The van der Waals surface area contributed by atoms with Crippen LogP contribution in [0.5, 0.6) is 0 Å². The topological polar surface area (TPSA) is 98.5 Å². The van der Waals surface area contributed by atoms with Gasteiger partial charge in [-0.3, -0.25) is 14.9 Å². The molecule has 0 saturated carbocycles. The van der Waals surface area contributed by atoms with Crippen LogP contribution in [-0.2, 0) is 9.53 Å². The van der Waals surface area contributed by atoms with Crippen molar-refractivity contribution >= 4 is 17.6 Å². The molecule has 0 saturated heterocycles. The quantitative estimate of drug-likeness (QED) is 0.506. The number of rotatable bonds is 5. The van der Waals surface area contributed by atoms with Gasteiger partial charge in [-0.1, -0.05) is 13.8 Å². The van der Waals surface area contributed by atoms with Gasteiger partial charge in [0.1, 0.15) is 6.04 Å². The van der Waals surface area contributed by atoms with E-state index < -0.39 is 34.3 Å². The van der Waals surface area contributed by atoms with Crippen LogP contribution in [0.2, 0.25) is 0 Å². The Bertz CT molecular complexity index is 574. The molecule has 1 aromatic rings. The van der Waals surface area contributed by atoms with Gasteiger partial charge >= 0.3 is 11.7 Å². The molecule has 1 atom stereocenters. The van der Waals surface area contributed by atoms with Crippen molar-refractivity contribution in [3.8, 4) is 0 Å². The third-order valence-electron chi connectivity index (χ3n) is 2.81. The Morgan fingerprint density at radius 2 is 2.00 bits per heavy atom. The molecule has 7 nitrogen and oxygen atoms in total. The Hall–Kier alpha value is -2.51. The highest BCUT2D eigenvalue weighted by atomic mass is 19.1. The van der Waals surface area contributed by atoms with E-state index in [-0.39, 0.29) is 11.5 Å². The van der Waals surface area contributed by atoms with Crippen LogP contribution in [0.25, 0.3) is 0 Å². The average Bonchev–Trinajstić information content (AvgIpc) is 2.42. The molecular formula is C13H15FN2O5. The molecule has 0 aliphatic heterocycles. The summed E-state index contributed by atoms with van der Waals surface area (Å²) in [6.07, 6.45) is 0. The molecule has 0 heterocycles. The van der Waals surface area contributed by atoms with Crippen LogP contribution >= 0.6 is 0 Å². The summed E-state index contributed by atoms with van der Waals surface area (Å²) < 4.78 is 18.0. The number of methoxy groups -OCH3 is 1. The third-order valence-corrected chi connectivity index (χ3v) is 2.81. The van der Waals surface area contributed by atoms with E-state index in [2.05, 4.69) is 10.1 Å². The number of amides is 1. The number of benzene rings is 1. The maximum absolute atomic E-state index is 13.5. The zero-order valence-electron chi connectivity index (χ0n) is 11.8. The van der Waals surface area contributed by atoms with Crippen molar-refractivity contribution in [1.82, 2.24) is 5.32 Å². The lowest BCUT2D eigenvalue weighted by Crippen LogP contribution is -2.45. The minimum atomic E-state index is -1.12. The van der Waals surface area contributed by atoms with Crippen molar-refractivity contribution < 1.29 is 23.6 Å². The molecule has 0 aromatic heterocycles. The lowest BCUT2D eigenvalue weighted by Gasteiger charge is -2.19. The molecule has 0 aliphatic rings. The van der Waals surface area contributed by atoms with E-state index >= 15 is 0 Å². The minimum Gasteiger partial charge on any atom is -0.467 e. The molecule has 0 fully saturated rings. The molecule has 0 radical (unpaired) electrons. The summed E-state index contributed by atoms with van der Waals surface area (Å²) in [5.41, 5.74) is -0.840. The largest absolute Gasteiger partial charge is 0.467 e. The Morgan fingerprint density at radius 1 is 1.38 bits per heavy atom. The third kappa shape index (κ3) is 3.98. The van der Waals surface area contributed by atoms with Crippen molar-refractivity contribution in [2.75, 3.05) is 7.11 Å². The van der Waals surface area contributed by atoms with Crippen LogP contribution < -0.4 is 5.32 Å². The van der Waals surface area contributed by atoms with Crippen molar-refractivity contribution in [2.45, 2.75) is 19.9 Å². The minimum absolute atomic E-state index is 0.118. The number of esters is 1. The van der Waals surface area contributed by atoms with Crippen LogP contribution in [0.1, 0.15) is 24.2 Å². The zero-order chi connectivity index (χ0) is 16.2. The summed E-state index contributed by atoms with van der Waals surface area (Å²) in [5.74, 6) is -2.69. The SMILES string of the molecule is COC(=O)C(NC(=O)c1ccc([N+](=O)[O-])c(F)c1)C(C)C. The highest BCUT2D eigenvalue weighted by Crippen LogP contribution is 2.18. The van der Waals surface area contributed by atoms with Crippen LogP contribution in [0.4, 0.5) is 10.1 Å². The fourth-order valence-corrected chi connectivity index (χ4v) is 1.65. The van der Waals surface area contributed by atoms with E-state index in [1.165, 1.54) is 7.11 Å². The van der Waals surface area contributed by atoms with Gasteiger partial charge in [-0.15, -0.1) is 0 Å². The molecule has 0 spiro atoms. The van der Waals surface area contributed by atoms with Gasteiger partial charge in [0.15, 0.2) is 0 Å². The maximum atomic E-state index is 13.5. The van der Waals surface area contributed by atoms with Crippen molar-refractivity contribution in [3.05, 3.63) is 39.7 Å². The van der Waals surface area contributed by atoms with Gasteiger partial charge in [0.25, 0.3) is 5.91 Å². The van der Waals surface area contributed by atoms with Crippen LogP contribution in [0.3, 0.4) is 0 Å². The summed E-state index contributed by atoms with van der Waals surface area (Å²) in [6.45, 7) is 3.41. The lowest BCUT2D eigenvalue weighted by atomic mass is 10.0. The van der Waals surface area contributed by atoms with E-state index in [0.29, 0.717) is 0 Å². The van der Waals surface area contributed by atoms with E-state index in [1.54, 1.807) is 13.8 Å². The van der Waals surface area contributed by atoms with Crippen molar-refractivity contribution in [3.63, 3.8) is 0 Å². The summed E-state index contributed by atoms with van der Waals surface area (Å²) >= 11 is 0. The second kappa shape index (κ2) is 6.78. The molecule has 1 aromatic carbocycles. The molecule has 1 N–H and O–H groups in total. The number of halogens is 1. The Balaban J connectivity index is 2.96. The first-order chi connectivity index (χ1) is 9.77. The Kier molecular flexibility index (Phi) is 5.34. The molecular weight excluding hydrogens is 283 g/mol. The van der Waals surface area contributed by atoms with Crippen molar-refractivity contribution in [1.29, 1.82) is 0 Å². The second-order valence-electron chi connectivity index (χ2n) is 4.64. The number of nitro benzene ring substituents is 1. The number of nitrogens with one attached hydrogen (secondary N) is 1. The maximum Gasteiger partial charge on any atom is 0.328 e. The molecule has 1 unspecified atom stereocenters. The number of nitro groups is 1. The van der Waals surface area contributed by atoms with Gasteiger partial charge in [0.2, 0.25) is 5.82 Å². The van der Waals surface area contributed by atoms with E-state index in [1.807, 2.05) is 0 Å². The van der Waals surface area contributed by atoms with Gasteiger partial charge in [-0.25, -0.2) is 4.79 Å². The molecule has 21 heavy (non-hydrogen) atoms. The summed E-state index contributed by atoms with van der Waals surface area (Å²) in [7, 11) is 1.19. The molecule has 0 aliphatic carbocycles. The number of carbonyl (C=O) groups is 2. The van der Waals surface area contributed by atoms with Crippen LogP contribution in [-0.4, -0.2) is 30.0 Å². The normalized spacial score (nSPS) is 11.9. The van der Waals surface area contributed by atoms with Gasteiger partial charge < -0.3 is 10.1 Å². The first-order valence-electron chi connectivity index (χ1n) is 6.10. The van der Waals surface area contributed by atoms with E-state index in [4.69, 9.17) is 0 Å². The number of hydrogen-bond donors (Lipinski definition) is 1. The summed E-state index contributed by atoms with van der Waals surface area (Å²) in [5, 5.41) is 12.9. The smallest absolute Gasteiger partial charge is 0.328 e.